The van der Waals surface area contributed by atoms with E-state index in [1.54, 1.807) is 27.0 Å². The summed E-state index contributed by atoms with van der Waals surface area (Å²) in [6, 6.07) is 3.61. The van der Waals surface area contributed by atoms with Gasteiger partial charge in [-0.1, -0.05) is 6.92 Å². The van der Waals surface area contributed by atoms with Crippen molar-refractivity contribution in [2.24, 2.45) is 0 Å². The van der Waals surface area contributed by atoms with Crippen LogP contribution < -0.4 is 4.74 Å². The third-order valence-electron chi connectivity index (χ3n) is 3.16. The van der Waals surface area contributed by atoms with E-state index in [4.69, 9.17) is 4.74 Å². The molecule has 1 N–H and O–H groups in total. The summed E-state index contributed by atoms with van der Waals surface area (Å²) in [5.74, 6) is 0.526. The van der Waals surface area contributed by atoms with Crippen molar-refractivity contribution in [1.29, 1.82) is 0 Å². The molecule has 1 aromatic rings. The Hall–Kier alpha value is -1.35. The fraction of sp³-hybridized carbons (Fsp3) is 0.500. The molecule has 3 nitrogen and oxygen atoms in total. The molecule has 0 spiro atoms. The molecule has 1 atom stereocenters. The first-order valence-corrected chi connectivity index (χ1v) is 5.76. The smallest absolute Gasteiger partial charge is 0.194 e. The Morgan fingerprint density at radius 3 is 2.41 bits per heavy atom. The number of Topliss-reactive ketones (excluding diaryl/α,β-unsaturated/α-hetero) is 1. The number of ether oxygens (including phenoxy) is 1. The first-order chi connectivity index (χ1) is 7.83. The van der Waals surface area contributed by atoms with E-state index in [2.05, 4.69) is 0 Å². The number of carbonyl (C=O) groups is 1. The van der Waals surface area contributed by atoms with E-state index in [0.29, 0.717) is 12.0 Å². The van der Waals surface area contributed by atoms with Gasteiger partial charge in [0.25, 0.3) is 0 Å². The van der Waals surface area contributed by atoms with Crippen molar-refractivity contribution in [2.75, 3.05) is 7.11 Å². The van der Waals surface area contributed by atoms with Gasteiger partial charge in [0.2, 0.25) is 0 Å². The van der Waals surface area contributed by atoms with Gasteiger partial charge in [-0.15, -0.1) is 0 Å². The first kappa shape index (κ1) is 13.7. The molecular formula is C14H20O3. The maximum absolute atomic E-state index is 12.2. The molecule has 0 fully saturated rings. The lowest BCUT2D eigenvalue weighted by Crippen LogP contribution is -2.34. The van der Waals surface area contributed by atoms with Gasteiger partial charge in [-0.3, -0.25) is 4.79 Å². The highest BCUT2D eigenvalue weighted by molar-refractivity contribution is 6.03. The van der Waals surface area contributed by atoms with Gasteiger partial charge in [0.1, 0.15) is 11.4 Å². The van der Waals surface area contributed by atoms with Crippen LogP contribution in [0.25, 0.3) is 0 Å². The molecule has 94 valence electrons. The van der Waals surface area contributed by atoms with E-state index in [1.165, 1.54) is 0 Å². The zero-order valence-corrected chi connectivity index (χ0v) is 11.1. The lowest BCUT2D eigenvalue weighted by atomic mass is 9.89. The molecule has 0 aliphatic carbocycles. The molecule has 3 heteroatoms. The minimum atomic E-state index is -1.30. The number of hydrogen-bond donors (Lipinski definition) is 1. The van der Waals surface area contributed by atoms with Crippen molar-refractivity contribution in [1.82, 2.24) is 0 Å². The van der Waals surface area contributed by atoms with Crippen LogP contribution in [0.15, 0.2) is 12.1 Å². The topological polar surface area (TPSA) is 46.5 Å². The Morgan fingerprint density at radius 2 is 1.94 bits per heavy atom. The second-order valence-electron chi connectivity index (χ2n) is 4.59. The van der Waals surface area contributed by atoms with Crippen molar-refractivity contribution < 1.29 is 14.6 Å². The lowest BCUT2D eigenvalue weighted by Gasteiger charge is -2.21. The van der Waals surface area contributed by atoms with Gasteiger partial charge < -0.3 is 9.84 Å². The summed E-state index contributed by atoms with van der Waals surface area (Å²) >= 11 is 0. The molecule has 0 aliphatic rings. The molecule has 0 saturated heterocycles. The maximum atomic E-state index is 12.2. The number of benzene rings is 1. The number of aryl methyl sites for hydroxylation is 2. The zero-order valence-electron chi connectivity index (χ0n) is 11.1. The average molecular weight is 236 g/mol. The monoisotopic (exact) mass is 236 g/mol. The summed E-state index contributed by atoms with van der Waals surface area (Å²) < 4.78 is 5.20. The molecule has 0 amide bonds. The number of methoxy groups -OCH3 is 1. The highest BCUT2D eigenvalue weighted by Gasteiger charge is 2.30. The number of ketones is 1. The largest absolute Gasteiger partial charge is 0.496 e. The summed E-state index contributed by atoms with van der Waals surface area (Å²) in [5.41, 5.74) is 0.987. The summed E-state index contributed by atoms with van der Waals surface area (Å²) in [5, 5.41) is 10.0. The van der Waals surface area contributed by atoms with E-state index in [1.807, 2.05) is 19.9 Å². The van der Waals surface area contributed by atoms with E-state index < -0.39 is 5.60 Å². The van der Waals surface area contributed by atoms with Crippen molar-refractivity contribution in [3.63, 3.8) is 0 Å². The molecular weight excluding hydrogens is 216 g/mol. The van der Waals surface area contributed by atoms with Gasteiger partial charge in [-0.25, -0.2) is 0 Å². The SMILES string of the molecule is CCC(C)(O)C(=O)c1cc(C)c(OC)cc1C. The molecule has 0 saturated carbocycles. The van der Waals surface area contributed by atoms with Crippen LogP contribution in [0.1, 0.15) is 41.8 Å². The quantitative estimate of drug-likeness (QED) is 0.817. The van der Waals surface area contributed by atoms with Gasteiger partial charge in [0.05, 0.1) is 7.11 Å². The van der Waals surface area contributed by atoms with Gasteiger partial charge in [-0.05, 0) is 50.5 Å². The highest BCUT2D eigenvalue weighted by Crippen LogP contribution is 2.26. The predicted molar refractivity (Wildman–Crippen MR) is 67.7 cm³/mol. The van der Waals surface area contributed by atoms with E-state index >= 15 is 0 Å². The minimum absolute atomic E-state index is 0.233. The molecule has 1 rings (SSSR count). The van der Waals surface area contributed by atoms with Crippen LogP contribution in [0.4, 0.5) is 0 Å². The molecule has 0 aromatic heterocycles. The first-order valence-electron chi connectivity index (χ1n) is 5.76. The van der Waals surface area contributed by atoms with Crippen LogP contribution in [-0.4, -0.2) is 23.6 Å². The van der Waals surface area contributed by atoms with Crippen LogP contribution >= 0.6 is 0 Å². The Kier molecular flexibility index (Phi) is 3.94. The summed E-state index contributed by atoms with van der Waals surface area (Å²) in [7, 11) is 1.60. The fourth-order valence-electron chi connectivity index (χ4n) is 1.70. The second kappa shape index (κ2) is 4.88. The predicted octanol–water partition coefficient (Wildman–Crippen LogP) is 2.66. The molecule has 0 radical (unpaired) electrons. The molecule has 1 unspecified atom stereocenters. The Labute approximate surface area is 102 Å². The molecule has 0 aliphatic heterocycles. The Morgan fingerprint density at radius 1 is 1.35 bits per heavy atom. The number of carbonyl (C=O) groups excluding carboxylic acids is 1. The van der Waals surface area contributed by atoms with Crippen molar-refractivity contribution in [2.45, 2.75) is 39.7 Å². The van der Waals surface area contributed by atoms with Gasteiger partial charge in [0, 0.05) is 5.56 Å². The molecule has 0 heterocycles. The second-order valence-corrected chi connectivity index (χ2v) is 4.59. The highest BCUT2D eigenvalue weighted by atomic mass is 16.5. The Bertz CT molecular complexity index is 433. The van der Waals surface area contributed by atoms with Gasteiger partial charge in [-0.2, -0.15) is 0 Å². The normalized spacial score (nSPS) is 14.2. The number of rotatable bonds is 4. The number of aliphatic hydroxyl groups is 1. The summed E-state index contributed by atoms with van der Waals surface area (Å²) in [6.45, 7) is 7.08. The van der Waals surface area contributed by atoms with Crippen LogP contribution in [0.3, 0.4) is 0 Å². The third kappa shape index (κ3) is 2.67. The lowest BCUT2D eigenvalue weighted by molar-refractivity contribution is 0.0390. The van der Waals surface area contributed by atoms with Crippen LogP contribution in [0, 0.1) is 13.8 Å². The van der Waals surface area contributed by atoms with Crippen molar-refractivity contribution in [3.8, 4) is 5.75 Å². The van der Waals surface area contributed by atoms with Crippen molar-refractivity contribution in [3.05, 3.63) is 28.8 Å². The fourth-order valence-corrected chi connectivity index (χ4v) is 1.70. The van der Waals surface area contributed by atoms with Crippen LogP contribution in [0.5, 0.6) is 5.75 Å². The van der Waals surface area contributed by atoms with Crippen LogP contribution in [-0.2, 0) is 0 Å². The molecule has 0 bridgehead atoms. The molecule has 1 aromatic carbocycles. The average Bonchev–Trinajstić information content (AvgIpc) is 2.30. The Balaban J connectivity index is 3.25. The summed E-state index contributed by atoms with van der Waals surface area (Å²) in [4.78, 5) is 12.2. The van der Waals surface area contributed by atoms with E-state index in [-0.39, 0.29) is 5.78 Å². The van der Waals surface area contributed by atoms with E-state index in [9.17, 15) is 9.90 Å². The maximum Gasteiger partial charge on any atom is 0.194 e. The standard InChI is InChI=1S/C14H20O3/c1-6-14(4,16)13(15)11-7-10(3)12(17-5)8-9(11)2/h7-8,16H,6H2,1-5H3. The van der Waals surface area contributed by atoms with Crippen LogP contribution in [0.2, 0.25) is 0 Å². The third-order valence-corrected chi connectivity index (χ3v) is 3.16. The van der Waals surface area contributed by atoms with E-state index in [0.717, 1.165) is 16.9 Å². The van der Waals surface area contributed by atoms with Gasteiger partial charge >= 0.3 is 0 Å². The minimum Gasteiger partial charge on any atom is -0.496 e. The molecule has 17 heavy (non-hydrogen) atoms. The zero-order chi connectivity index (χ0) is 13.2. The van der Waals surface area contributed by atoms with Gasteiger partial charge in [0.15, 0.2) is 5.78 Å². The summed E-state index contributed by atoms with van der Waals surface area (Å²) in [6.07, 6.45) is 0.399. The number of hydrogen-bond acceptors (Lipinski definition) is 3. The van der Waals surface area contributed by atoms with Crippen molar-refractivity contribution >= 4 is 5.78 Å².